The summed E-state index contributed by atoms with van der Waals surface area (Å²) >= 11 is 6.05. The molecule has 0 unspecified atom stereocenters. The molecule has 0 aliphatic rings. The summed E-state index contributed by atoms with van der Waals surface area (Å²) in [5.41, 5.74) is 1.81. The lowest BCUT2D eigenvalue weighted by Gasteiger charge is -2.04. The van der Waals surface area contributed by atoms with Crippen LogP contribution in [0.5, 0.6) is 0 Å². The van der Waals surface area contributed by atoms with Crippen LogP contribution in [0.3, 0.4) is 0 Å². The van der Waals surface area contributed by atoms with Crippen molar-refractivity contribution >= 4 is 17.6 Å². The first-order valence-corrected chi connectivity index (χ1v) is 5.69. The van der Waals surface area contributed by atoms with Gasteiger partial charge in [0.25, 0.3) is 0 Å². The second-order valence-corrected chi connectivity index (χ2v) is 4.14. The average molecular weight is 256 g/mol. The van der Waals surface area contributed by atoms with Crippen molar-refractivity contribution in [3.05, 3.63) is 22.3 Å². The molecule has 0 saturated carbocycles. The fourth-order valence-corrected chi connectivity index (χ4v) is 1.66. The predicted molar refractivity (Wildman–Crippen MR) is 64.2 cm³/mol. The largest absolute Gasteiger partial charge is 0.408 e. The maximum Gasteiger partial charge on any atom is 0.315 e. The number of aryl methyl sites for hydroxylation is 2. The zero-order valence-electron chi connectivity index (χ0n) is 9.99. The van der Waals surface area contributed by atoms with Crippen LogP contribution in [0.15, 0.2) is 4.42 Å². The molecular weight excluding hydrogens is 242 g/mol. The molecule has 0 radical (unpaired) electrons. The van der Waals surface area contributed by atoms with Crippen molar-refractivity contribution in [3.63, 3.8) is 0 Å². The SMILES string of the molecule is Cc1nnc(NCCn2nc(C)c(Cl)c2C)o1. The third-order valence-electron chi connectivity index (χ3n) is 2.42. The Morgan fingerprint density at radius 1 is 1.29 bits per heavy atom. The van der Waals surface area contributed by atoms with Gasteiger partial charge in [0.05, 0.1) is 23.0 Å². The summed E-state index contributed by atoms with van der Waals surface area (Å²) in [5, 5.41) is 15.6. The molecule has 0 bridgehead atoms. The monoisotopic (exact) mass is 255 g/mol. The predicted octanol–water partition coefficient (Wildman–Crippen LogP) is 1.96. The van der Waals surface area contributed by atoms with Crippen molar-refractivity contribution in [1.82, 2.24) is 20.0 Å². The molecule has 0 fully saturated rings. The van der Waals surface area contributed by atoms with E-state index < -0.39 is 0 Å². The Morgan fingerprint density at radius 3 is 2.59 bits per heavy atom. The highest BCUT2D eigenvalue weighted by Crippen LogP contribution is 2.18. The third kappa shape index (κ3) is 2.58. The number of halogens is 1. The van der Waals surface area contributed by atoms with E-state index in [-0.39, 0.29) is 0 Å². The van der Waals surface area contributed by atoms with Gasteiger partial charge in [-0.15, -0.1) is 5.10 Å². The molecule has 0 aliphatic heterocycles. The van der Waals surface area contributed by atoms with E-state index in [2.05, 4.69) is 20.6 Å². The third-order valence-corrected chi connectivity index (χ3v) is 2.97. The highest BCUT2D eigenvalue weighted by molar-refractivity contribution is 6.31. The van der Waals surface area contributed by atoms with Crippen LogP contribution in [-0.4, -0.2) is 26.5 Å². The first-order valence-electron chi connectivity index (χ1n) is 5.31. The van der Waals surface area contributed by atoms with Crippen LogP contribution in [0.1, 0.15) is 17.3 Å². The van der Waals surface area contributed by atoms with Crippen molar-refractivity contribution in [2.24, 2.45) is 0 Å². The number of nitrogens with one attached hydrogen (secondary N) is 1. The van der Waals surface area contributed by atoms with E-state index in [9.17, 15) is 0 Å². The summed E-state index contributed by atoms with van der Waals surface area (Å²) in [6, 6.07) is 0.426. The van der Waals surface area contributed by atoms with Gasteiger partial charge in [-0.05, 0) is 13.8 Å². The minimum absolute atomic E-state index is 0.426. The van der Waals surface area contributed by atoms with E-state index in [1.54, 1.807) is 6.92 Å². The standard InChI is InChI=1S/C10H14ClN5O/c1-6-9(11)7(2)16(15-6)5-4-12-10-14-13-8(3)17-10/h4-5H2,1-3H3,(H,12,14). The van der Waals surface area contributed by atoms with Crippen LogP contribution in [0, 0.1) is 20.8 Å². The van der Waals surface area contributed by atoms with Gasteiger partial charge in [-0.1, -0.05) is 16.7 Å². The second kappa shape index (κ2) is 4.75. The number of rotatable bonds is 4. The molecule has 92 valence electrons. The summed E-state index contributed by atoms with van der Waals surface area (Å²) < 4.78 is 7.05. The second-order valence-electron chi connectivity index (χ2n) is 3.76. The fraction of sp³-hybridized carbons (Fsp3) is 0.500. The Balaban J connectivity index is 1.92. The van der Waals surface area contributed by atoms with Crippen LogP contribution >= 0.6 is 11.6 Å². The lowest BCUT2D eigenvalue weighted by molar-refractivity contribution is 0.525. The number of anilines is 1. The van der Waals surface area contributed by atoms with E-state index in [1.807, 2.05) is 18.5 Å². The topological polar surface area (TPSA) is 68.8 Å². The van der Waals surface area contributed by atoms with Crippen LogP contribution in [-0.2, 0) is 6.54 Å². The molecule has 0 aromatic carbocycles. The molecule has 0 saturated heterocycles. The highest BCUT2D eigenvalue weighted by Gasteiger charge is 2.08. The first kappa shape index (κ1) is 11.9. The molecule has 6 nitrogen and oxygen atoms in total. The maximum absolute atomic E-state index is 6.05. The van der Waals surface area contributed by atoms with Gasteiger partial charge >= 0.3 is 6.01 Å². The minimum Gasteiger partial charge on any atom is -0.408 e. The lowest BCUT2D eigenvalue weighted by atomic mass is 10.4. The number of aromatic nitrogens is 4. The molecule has 2 rings (SSSR count). The van der Waals surface area contributed by atoms with Crippen LogP contribution in [0.4, 0.5) is 6.01 Å². The zero-order chi connectivity index (χ0) is 12.4. The number of hydrogen-bond acceptors (Lipinski definition) is 5. The molecular formula is C10H14ClN5O. The molecule has 2 aromatic rings. The average Bonchev–Trinajstić information content (AvgIpc) is 2.80. The van der Waals surface area contributed by atoms with Crippen LogP contribution in [0.25, 0.3) is 0 Å². The van der Waals surface area contributed by atoms with Crippen LogP contribution in [0.2, 0.25) is 5.02 Å². The van der Waals surface area contributed by atoms with Gasteiger partial charge in [0.1, 0.15) is 0 Å². The summed E-state index contributed by atoms with van der Waals surface area (Å²) in [7, 11) is 0. The molecule has 2 heterocycles. The first-order chi connectivity index (χ1) is 8.08. The Hall–Kier alpha value is -1.56. The Morgan fingerprint density at radius 2 is 2.06 bits per heavy atom. The summed E-state index contributed by atoms with van der Waals surface area (Å²) in [4.78, 5) is 0. The van der Waals surface area contributed by atoms with E-state index in [1.165, 1.54) is 0 Å². The molecule has 2 aromatic heterocycles. The molecule has 1 N–H and O–H groups in total. The highest BCUT2D eigenvalue weighted by atomic mass is 35.5. The minimum atomic E-state index is 0.426. The molecule has 0 aliphatic carbocycles. The van der Waals surface area contributed by atoms with E-state index >= 15 is 0 Å². The van der Waals surface area contributed by atoms with Gasteiger partial charge in [0.2, 0.25) is 5.89 Å². The van der Waals surface area contributed by atoms with Gasteiger partial charge in [-0.2, -0.15) is 5.10 Å². The van der Waals surface area contributed by atoms with Crippen molar-refractivity contribution < 1.29 is 4.42 Å². The van der Waals surface area contributed by atoms with Gasteiger partial charge in [0, 0.05) is 13.5 Å². The Labute approximate surface area is 104 Å². The van der Waals surface area contributed by atoms with Gasteiger partial charge in [-0.3, -0.25) is 4.68 Å². The van der Waals surface area contributed by atoms with E-state index in [0.717, 1.165) is 16.4 Å². The van der Waals surface area contributed by atoms with Gasteiger partial charge < -0.3 is 9.73 Å². The Kier molecular flexibility index (Phi) is 3.33. The van der Waals surface area contributed by atoms with Crippen molar-refractivity contribution in [1.29, 1.82) is 0 Å². The lowest BCUT2D eigenvalue weighted by Crippen LogP contribution is -2.13. The normalized spacial score (nSPS) is 10.8. The summed E-state index contributed by atoms with van der Waals surface area (Å²) in [6.07, 6.45) is 0. The number of hydrogen-bond donors (Lipinski definition) is 1. The molecule has 17 heavy (non-hydrogen) atoms. The van der Waals surface area contributed by atoms with Crippen molar-refractivity contribution in [3.8, 4) is 0 Å². The summed E-state index contributed by atoms with van der Waals surface area (Å²) in [6.45, 7) is 6.93. The molecule has 7 heteroatoms. The van der Waals surface area contributed by atoms with Crippen molar-refractivity contribution in [2.75, 3.05) is 11.9 Å². The molecule has 0 amide bonds. The fourth-order valence-electron chi connectivity index (χ4n) is 1.53. The molecule has 0 atom stereocenters. The summed E-state index contributed by atoms with van der Waals surface area (Å²) in [5.74, 6) is 0.543. The maximum atomic E-state index is 6.05. The Bertz CT molecular complexity index is 519. The smallest absolute Gasteiger partial charge is 0.315 e. The zero-order valence-corrected chi connectivity index (χ0v) is 10.7. The van der Waals surface area contributed by atoms with Gasteiger partial charge in [-0.25, -0.2) is 0 Å². The van der Waals surface area contributed by atoms with Crippen LogP contribution < -0.4 is 5.32 Å². The van der Waals surface area contributed by atoms with Crippen molar-refractivity contribution in [2.45, 2.75) is 27.3 Å². The quantitative estimate of drug-likeness (QED) is 0.904. The number of nitrogens with zero attached hydrogens (tertiary/aromatic N) is 4. The van der Waals surface area contributed by atoms with Gasteiger partial charge in [0.15, 0.2) is 0 Å². The van der Waals surface area contributed by atoms with E-state index in [0.29, 0.717) is 25.0 Å². The molecule has 0 spiro atoms. The van der Waals surface area contributed by atoms with E-state index in [4.69, 9.17) is 16.0 Å².